The number of aryl methyl sites for hydroxylation is 1. The number of allylic oxidation sites excluding steroid dienone is 1. The van der Waals surface area contributed by atoms with Gasteiger partial charge in [0, 0.05) is 9.13 Å². The Hall–Kier alpha value is -1.85. The van der Waals surface area contributed by atoms with Crippen LogP contribution in [-0.2, 0) is 4.79 Å². The van der Waals surface area contributed by atoms with Crippen LogP contribution in [0.25, 0.3) is 11.6 Å². The Morgan fingerprint density at radius 1 is 1.38 bits per heavy atom. The first-order valence-corrected chi connectivity index (χ1v) is 8.80. The predicted molar refractivity (Wildman–Crippen MR) is 105 cm³/mol. The van der Waals surface area contributed by atoms with E-state index in [1.807, 2.05) is 43.3 Å². The first kappa shape index (κ1) is 18.5. The molecule has 0 fully saturated rings. The summed E-state index contributed by atoms with van der Waals surface area (Å²) in [4.78, 5) is 10.8. The van der Waals surface area contributed by atoms with Gasteiger partial charge in [0.15, 0.2) is 6.61 Å². The van der Waals surface area contributed by atoms with E-state index in [1.54, 1.807) is 6.08 Å². The Balaban J connectivity index is 2.50. The second-order valence-corrected chi connectivity index (χ2v) is 7.12. The Labute approximate surface area is 162 Å². The van der Waals surface area contributed by atoms with E-state index in [1.165, 1.54) is 0 Å². The lowest BCUT2D eigenvalue weighted by Crippen LogP contribution is -2.10. The largest absolute Gasteiger partial charge is 0.480 e. The van der Waals surface area contributed by atoms with Crippen LogP contribution in [0.2, 0.25) is 0 Å². The van der Waals surface area contributed by atoms with Crippen LogP contribution in [0.15, 0.2) is 40.9 Å². The minimum absolute atomic E-state index is 0.401. The van der Waals surface area contributed by atoms with Crippen molar-refractivity contribution in [1.82, 2.24) is 0 Å². The van der Waals surface area contributed by atoms with Crippen LogP contribution in [0.4, 0.5) is 0 Å². The highest BCUT2D eigenvalue weighted by atomic mass is 127. The third-order valence-electron chi connectivity index (χ3n) is 3.16. The lowest BCUT2D eigenvalue weighted by atomic mass is 10.0. The molecule has 0 aliphatic carbocycles. The molecule has 2 aromatic carbocycles. The monoisotopic (exact) mass is 497 g/mol. The summed E-state index contributed by atoms with van der Waals surface area (Å²) in [5.74, 6) is -0.660. The minimum Gasteiger partial charge on any atom is -0.480 e. The van der Waals surface area contributed by atoms with Gasteiger partial charge in [0.25, 0.3) is 0 Å². The van der Waals surface area contributed by atoms with Crippen molar-refractivity contribution >= 4 is 56.1 Å². The number of carboxylic acids is 1. The number of carbonyl (C=O) groups is 1. The van der Waals surface area contributed by atoms with Crippen LogP contribution in [-0.4, -0.2) is 17.7 Å². The molecule has 6 heteroatoms. The van der Waals surface area contributed by atoms with Gasteiger partial charge in [-0.2, -0.15) is 5.26 Å². The maximum Gasteiger partial charge on any atom is 0.341 e. The van der Waals surface area contributed by atoms with Gasteiger partial charge in [-0.05, 0) is 69.2 Å². The lowest BCUT2D eigenvalue weighted by molar-refractivity contribution is -0.139. The molecule has 4 nitrogen and oxygen atoms in total. The smallest absolute Gasteiger partial charge is 0.341 e. The van der Waals surface area contributed by atoms with E-state index in [-0.39, 0.29) is 0 Å². The van der Waals surface area contributed by atoms with E-state index in [4.69, 9.17) is 9.84 Å². The van der Waals surface area contributed by atoms with Crippen LogP contribution >= 0.6 is 38.5 Å². The fourth-order valence-electron chi connectivity index (χ4n) is 2.04. The van der Waals surface area contributed by atoms with Crippen LogP contribution in [0.3, 0.4) is 0 Å². The Morgan fingerprint density at radius 2 is 2.04 bits per heavy atom. The van der Waals surface area contributed by atoms with Crippen LogP contribution in [0.1, 0.15) is 16.7 Å². The molecular weight excluding hydrogens is 485 g/mol. The molecule has 122 valence electrons. The molecule has 0 bridgehead atoms. The van der Waals surface area contributed by atoms with Gasteiger partial charge in [-0.25, -0.2) is 4.79 Å². The Morgan fingerprint density at radius 3 is 2.62 bits per heavy atom. The molecule has 0 amide bonds. The highest BCUT2D eigenvalue weighted by Crippen LogP contribution is 2.34. The van der Waals surface area contributed by atoms with Gasteiger partial charge in [0.2, 0.25) is 0 Å². The molecule has 24 heavy (non-hydrogen) atoms. The summed E-state index contributed by atoms with van der Waals surface area (Å²) in [6.45, 7) is 1.53. The van der Waals surface area contributed by atoms with E-state index < -0.39 is 12.6 Å². The van der Waals surface area contributed by atoms with Crippen LogP contribution in [0.5, 0.6) is 5.75 Å². The molecule has 0 aliphatic rings. The summed E-state index contributed by atoms with van der Waals surface area (Å²) in [6, 6.07) is 13.5. The van der Waals surface area contributed by atoms with Crippen molar-refractivity contribution < 1.29 is 14.6 Å². The highest BCUT2D eigenvalue weighted by molar-refractivity contribution is 14.1. The molecule has 0 aliphatic heterocycles. The fourth-order valence-corrected chi connectivity index (χ4v) is 3.71. The molecule has 1 N–H and O–H groups in total. The number of hydrogen-bond donors (Lipinski definition) is 1. The second-order valence-electron chi connectivity index (χ2n) is 5.02. The number of nitriles is 1. The molecule has 0 radical (unpaired) electrons. The van der Waals surface area contributed by atoms with Crippen molar-refractivity contribution in [3.8, 4) is 11.8 Å². The van der Waals surface area contributed by atoms with Gasteiger partial charge in [-0.1, -0.05) is 29.8 Å². The first-order chi connectivity index (χ1) is 11.4. The maximum atomic E-state index is 10.8. The molecule has 0 aromatic heterocycles. The summed E-state index contributed by atoms with van der Waals surface area (Å²) in [5.41, 5.74) is 3.03. The van der Waals surface area contributed by atoms with Gasteiger partial charge in [0.1, 0.15) is 5.75 Å². The molecule has 0 spiro atoms. The molecule has 0 saturated heterocycles. The van der Waals surface area contributed by atoms with E-state index in [2.05, 4.69) is 44.6 Å². The number of rotatable bonds is 5. The average Bonchev–Trinajstić information content (AvgIpc) is 2.52. The summed E-state index contributed by atoms with van der Waals surface area (Å²) < 4.78 is 6.96. The van der Waals surface area contributed by atoms with Gasteiger partial charge < -0.3 is 9.84 Å². The average molecular weight is 498 g/mol. The Bertz CT molecular complexity index is 839. The molecular formula is C18H13BrINO3. The van der Waals surface area contributed by atoms with Crippen LogP contribution < -0.4 is 4.74 Å². The van der Waals surface area contributed by atoms with E-state index in [0.29, 0.717) is 21.4 Å². The van der Waals surface area contributed by atoms with E-state index >= 15 is 0 Å². The zero-order valence-electron chi connectivity index (χ0n) is 12.7. The highest BCUT2D eigenvalue weighted by Gasteiger charge is 2.12. The number of nitrogens with zero attached hydrogens (tertiary/aromatic N) is 1. The number of carboxylic acid groups (broad SMARTS) is 1. The van der Waals surface area contributed by atoms with Crippen molar-refractivity contribution in [1.29, 1.82) is 5.26 Å². The van der Waals surface area contributed by atoms with Crippen LogP contribution in [0, 0.1) is 21.8 Å². The topological polar surface area (TPSA) is 70.3 Å². The molecule has 0 heterocycles. The van der Waals surface area contributed by atoms with Crippen molar-refractivity contribution in [2.75, 3.05) is 6.61 Å². The summed E-state index contributed by atoms with van der Waals surface area (Å²) >= 11 is 5.54. The van der Waals surface area contributed by atoms with Crippen molar-refractivity contribution in [2.24, 2.45) is 0 Å². The van der Waals surface area contributed by atoms with Gasteiger partial charge in [-0.15, -0.1) is 0 Å². The minimum atomic E-state index is -1.06. The predicted octanol–water partition coefficient (Wildman–Crippen LogP) is 4.89. The Kier molecular flexibility index (Phi) is 6.40. The summed E-state index contributed by atoms with van der Waals surface area (Å²) in [5, 5.41) is 18.3. The first-order valence-electron chi connectivity index (χ1n) is 6.93. The lowest BCUT2D eigenvalue weighted by Gasteiger charge is -2.11. The zero-order chi connectivity index (χ0) is 17.7. The number of aliphatic carboxylic acids is 1. The summed E-state index contributed by atoms with van der Waals surface area (Å²) in [6.07, 6.45) is 1.70. The normalized spacial score (nSPS) is 11.0. The molecule has 2 rings (SSSR count). The number of ether oxygens (including phenoxy) is 1. The third kappa shape index (κ3) is 4.82. The molecule has 0 atom stereocenters. The molecule has 0 unspecified atom stereocenters. The third-order valence-corrected chi connectivity index (χ3v) is 4.37. The second kappa shape index (κ2) is 8.31. The zero-order valence-corrected chi connectivity index (χ0v) is 16.5. The molecule has 0 saturated carbocycles. The van der Waals surface area contributed by atoms with Crippen molar-refractivity contribution in [3.05, 3.63) is 61.1 Å². The van der Waals surface area contributed by atoms with Gasteiger partial charge >= 0.3 is 5.97 Å². The number of benzene rings is 2. The van der Waals surface area contributed by atoms with Crippen molar-refractivity contribution in [3.63, 3.8) is 0 Å². The quantitative estimate of drug-likeness (QED) is 0.362. The maximum absolute atomic E-state index is 10.8. The SMILES string of the molecule is Cc1ccc(/C(C#N)=C\c2cc(I)cc(Br)c2OCC(=O)O)cc1. The van der Waals surface area contributed by atoms with E-state index in [0.717, 1.165) is 14.7 Å². The summed E-state index contributed by atoms with van der Waals surface area (Å²) in [7, 11) is 0. The number of hydrogen-bond acceptors (Lipinski definition) is 3. The van der Waals surface area contributed by atoms with E-state index in [9.17, 15) is 10.1 Å². The van der Waals surface area contributed by atoms with Crippen molar-refractivity contribution in [2.45, 2.75) is 6.92 Å². The fraction of sp³-hybridized carbons (Fsp3) is 0.111. The molecule has 2 aromatic rings. The van der Waals surface area contributed by atoms with Gasteiger partial charge in [-0.3, -0.25) is 0 Å². The number of halogens is 2. The standard InChI is InChI=1S/C18H13BrINO3/c1-11-2-4-12(5-3-11)14(9-21)6-13-7-15(20)8-16(19)18(13)24-10-17(22)23/h2-8H,10H2,1H3,(H,22,23)/b14-6-. The van der Waals surface area contributed by atoms with Gasteiger partial charge in [0.05, 0.1) is 16.1 Å².